The predicted molar refractivity (Wildman–Crippen MR) is 103 cm³/mol. The van der Waals surface area contributed by atoms with Crippen molar-refractivity contribution in [1.29, 1.82) is 0 Å². The van der Waals surface area contributed by atoms with Crippen molar-refractivity contribution in [3.8, 4) is 0 Å². The zero-order chi connectivity index (χ0) is 17.6. The van der Waals surface area contributed by atoms with Crippen LogP contribution in [0.1, 0.15) is 12.5 Å². The molecule has 6 nitrogen and oxygen atoms in total. The van der Waals surface area contributed by atoms with E-state index in [1.807, 2.05) is 24.9 Å². The highest BCUT2D eigenvalue weighted by molar-refractivity contribution is 8.02. The minimum atomic E-state index is -0.140. The van der Waals surface area contributed by atoms with Crippen LogP contribution in [0.4, 0.5) is 5.13 Å². The Morgan fingerprint density at radius 3 is 2.60 bits per heavy atom. The number of anilines is 1. The highest BCUT2D eigenvalue weighted by Gasteiger charge is 2.26. The maximum atomic E-state index is 12.7. The van der Waals surface area contributed by atoms with Gasteiger partial charge in [0.2, 0.25) is 11.0 Å². The summed E-state index contributed by atoms with van der Waals surface area (Å²) in [6.45, 7) is 6.30. The number of thioether (sulfide) groups is 1. The number of amides is 1. The van der Waals surface area contributed by atoms with E-state index in [1.54, 1.807) is 0 Å². The first-order valence-corrected chi connectivity index (χ1v) is 10.1. The number of aromatic nitrogens is 2. The Kier molecular flexibility index (Phi) is 6.28. The van der Waals surface area contributed by atoms with E-state index < -0.39 is 0 Å². The molecule has 25 heavy (non-hydrogen) atoms. The van der Waals surface area contributed by atoms with Crippen LogP contribution < -0.4 is 5.32 Å². The first-order valence-electron chi connectivity index (χ1n) is 8.38. The van der Waals surface area contributed by atoms with Crippen LogP contribution >= 0.6 is 23.1 Å². The molecule has 3 rings (SSSR count). The Morgan fingerprint density at radius 1 is 1.24 bits per heavy atom. The maximum Gasteiger partial charge on any atom is 0.235 e. The van der Waals surface area contributed by atoms with Crippen LogP contribution in [0.3, 0.4) is 0 Å². The summed E-state index contributed by atoms with van der Waals surface area (Å²) >= 11 is 2.96. The van der Waals surface area contributed by atoms with Crippen molar-refractivity contribution in [2.24, 2.45) is 0 Å². The molecule has 1 fully saturated rings. The Hall–Kier alpha value is -1.64. The third kappa shape index (κ3) is 4.93. The summed E-state index contributed by atoms with van der Waals surface area (Å²) in [6, 6.07) is 10.5. The molecule has 0 radical (unpaired) electrons. The lowest BCUT2D eigenvalue weighted by molar-refractivity contribution is -0.132. The van der Waals surface area contributed by atoms with E-state index in [-0.39, 0.29) is 11.2 Å². The minimum Gasteiger partial charge on any atom is -0.363 e. The number of piperazine rings is 1. The number of hydrogen-bond acceptors (Lipinski definition) is 7. The number of carbonyl (C=O) groups is 1. The van der Waals surface area contributed by atoms with Crippen LogP contribution in [0.5, 0.6) is 0 Å². The predicted octanol–water partition coefficient (Wildman–Crippen LogP) is 2.40. The molecule has 134 valence electrons. The lowest BCUT2D eigenvalue weighted by Gasteiger charge is -2.35. The molecular formula is C17H23N5OS2. The molecule has 1 aromatic heterocycles. The quantitative estimate of drug-likeness (QED) is 0.780. The topological polar surface area (TPSA) is 61.4 Å². The lowest BCUT2D eigenvalue weighted by Crippen LogP contribution is -2.50. The van der Waals surface area contributed by atoms with Gasteiger partial charge < -0.3 is 10.2 Å². The van der Waals surface area contributed by atoms with Gasteiger partial charge in [-0.3, -0.25) is 9.69 Å². The smallest absolute Gasteiger partial charge is 0.235 e. The standard InChI is InChI=1S/C17H23N5OS2/c1-13(24-17-20-19-16(18-2)25-17)15(23)22-10-8-21(9-11-22)12-14-6-4-3-5-7-14/h3-7,13H,8-12H2,1-2H3,(H,18,19)/t13-/m1/s1. The van der Waals surface area contributed by atoms with Crippen LogP contribution in [-0.4, -0.2) is 64.4 Å². The molecule has 1 aliphatic rings. The summed E-state index contributed by atoms with van der Waals surface area (Å²) in [5, 5.41) is 11.7. The van der Waals surface area contributed by atoms with E-state index in [1.165, 1.54) is 28.7 Å². The highest BCUT2D eigenvalue weighted by atomic mass is 32.2. The van der Waals surface area contributed by atoms with Crippen LogP contribution in [0.15, 0.2) is 34.7 Å². The summed E-state index contributed by atoms with van der Waals surface area (Å²) in [5.74, 6) is 0.186. The zero-order valence-corrected chi connectivity index (χ0v) is 16.1. The number of carbonyl (C=O) groups excluding carboxylic acids is 1. The molecule has 1 aliphatic heterocycles. The highest BCUT2D eigenvalue weighted by Crippen LogP contribution is 2.29. The molecule has 0 spiro atoms. The second-order valence-corrected chi connectivity index (χ2v) is 8.54. The molecule has 1 saturated heterocycles. The number of nitrogens with zero attached hydrogens (tertiary/aromatic N) is 4. The molecule has 1 N–H and O–H groups in total. The van der Waals surface area contributed by atoms with Crippen LogP contribution in [-0.2, 0) is 11.3 Å². The molecule has 0 aliphatic carbocycles. The van der Waals surface area contributed by atoms with Gasteiger partial charge in [0.1, 0.15) is 0 Å². The fraction of sp³-hybridized carbons (Fsp3) is 0.471. The van der Waals surface area contributed by atoms with E-state index in [0.29, 0.717) is 0 Å². The van der Waals surface area contributed by atoms with Gasteiger partial charge in [0.05, 0.1) is 5.25 Å². The van der Waals surface area contributed by atoms with Crippen molar-refractivity contribution in [2.75, 3.05) is 38.5 Å². The molecule has 1 aromatic carbocycles. The van der Waals surface area contributed by atoms with Crippen molar-refractivity contribution in [2.45, 2.75) is 23.1 Å². The number of benzene rings is 1. The average molecular weight is 378 g/mol. The second kappa shape index (κ2) is 8.64. The summed E-state index contributed by atoms with van der Waals surface area (Å²) in [7, 11) is 1.82. The van der Waals surface area contributed by atoms with Crippen molar-refractivity contribution in [3.05, 3.63) is 35.9 Å². The van der Waals surface area contributed by atoms with Crippen molar-refractivity contribution in [3.63, 3.8) is 0 Å². The molecule has 1 atom stereocenters. The van der Waals surface area contributed by atoms with Crippen LogP contribution in [0.2, 0.25) is 0 Å². The van der Waals surface area contributed by atoms with Crippen molar-refractivity contribution in [1.82, 2.24) is 20.0 Å². The number of hydrogen-bond donors (Lipinski definition) is 1. The van der Waals surface area contributed by atoms with Crippen molar-refractivity contribution < 1.29 is 4.79 Å². The lowest BCUT2D eigenvalue weighted by atomic mass is 10.2. The Labute approximate surface area is 156 Å². The average Bonchev–Trinajstić information content (AvgIpc) is 3.10. The Morgan fingerprint density at radius 2 is 1.96 bits per heavy atom. The molecule has 0 unspecified atom stereocenters. The molecule has 2 aromatic rings. The van der Waals surface area contributed by atoms with Gasteiger partial charge in [-0.25, -0.2) is 0 Å². The van der Waals surface area contributed by atoms with Gasteiger partial charge in [-0.05, 0) is 12.5 Å². The number of nitrogens with one attached hydrogen (secondary N) is 1. The summed E-state index contributed by atoms with van der Waals surface area (Å²) in [4.78, 5) is 17.0. The maximum absolute atomic E-state index is 12.7. The van der Waals surface area contributed by atoms with Gasteiger partial charge >= 0.3 is 0 Å². The van der Waals surface area contributed by atoms with Crippen LogP contribution in [0, 0.1) is 0 Å². The molecule has 0 saturated carbocycles. The van der Waals surface area contributed by atoms with Gasteiger partial charge in [-0.1, -0.05) is 53.4 Å². The first-order chi connectivity index (χ1) is 12.2. The molecule has 1 amide bonds. The van der Waals surface area contributed by atoms with Gasteiger partial charge in [-0.2, -0.15) is 0 Å². The molecule has 8 heteroatoms. The van der Waals surface area contributed by atoms with E-state index >= 15 is 0 Å². The third-order valence-electron chi connectivity index (χ3n) is 4.18. The minimum absolute atomic E-state index is 0.140. The molecule has 0 bridgehead atoms. The largest absolute Gasteiger partial charge is 0.363 e. The summed E-state index contributed by atoms with van der Waals surface area (Å²) in [5.41, 5.74) is 1.32. The van der Waals surface area contributed by atoms with E-state index in [9.17, 15) is 4.79 Å². The van der Waals surface area contributed by atoms with E-state index in [2.05, 4.69) is 44.7 Å². The SMILES string of the molecule is CNc1nnc(S[C@H](C)C(=O)N2CCN(Cc3ccccc3)CC2)s1. The first kappa shape index (κ1) is 18.2. The Balaban J connectivity index is 1.47. The monoisotopic (exact) mass is 377 g/mol. The third-order valence-corrected chi connectivity index (χ3v) is 6.29. The summed E-state index contributed by atoms with van der Waals surface area (Å²) in [6.07, 6.45) is 0. The zero-order valence-electron chi connectivity index (χ0n) is 14.5. The molecular weight excluding hydrogens is 354 g/mol. The Bertz CT molecular complexity index is 685. The van der Waals surface area contributed by atoms with Gasteiger partial charge in [0.25, 0.3) is 0 Å². The van der Waals surface area contributed by atoms with E-state index in [4.69, 9.17) is 0 Å². The second-order valence-electron chi connectivity index (χ2n) is 5.97. The van der Waals surface area contributed by atoms with Gasteiger partial charge in [0, 0.05) is 39.8 Å². The normalized spacial score (nSPS) is 16.6. The van der Waals surface area contributed by atoms with Gasteiger partial charge in [-0.15, -0.1) is 10.2 Å². The molecule has 2 heterocycles. The number of rotatable bonds is 6. The fourth-order valence-electron chi connectivity index (χ4n) is 2.79. The van der Waals surface area contributed by atoms with Crippen molar-refractivity contribution >= 4 is 34.1 Å². The van der Waals surface area contributed by atoms with Crippen LogP contribution in [0.25, 0.3) is 0 Å². The summed E-state index contributed by atoms with van der Waals surface area (Å²) < 4.78 is 0.827. The fourth-order valence-corrected chi connectivity index (χ4v) is 4.72. The van der Waals surface area contributed by atoms with E-state index in [0.717, 1.165) is 42.2 Å². The van der Waals surface area contributed by atoms with Gasteiger partial charge in [0.15, 0.2) is 4.34 Å².